The van der Waals surface area contributed by atoms with Crippen LogP contribution in [-0.2, 0) is 6.42 Å². The van der Waals surface area contributed by atoms with Crippen molar-refractivity contribution in [1.82, 2.24) is 14.7 Å². The van der Waals surface area contributed by atoms with Gasteiger partial charge in [-0.2, -0.15) is 5.10 Å². The number of fused-ring (bicyclic) bond motifs is 1. The second-order valence-corrected chi connectivity index (χ2v) is 7.58. The van der Waals surface area contributed by atoms with Crippen molar-refractivity contribution in [2.24, 2.45) is 0 Å². The highest BCUT2D eigenvalue weighted by atomic mass is 35.5. The summed E-state index contributed by atoms with van der Waals surface area (Å²) in [5.74, 6) is 1.73. The Labute approximate surface area is 155 Å². The predicted octanol–water partition coefficient (Wildman–Crippen LogP) is 4.47. The highest BCUT2D eigenvalue weighted by Crippen LogP contribution is 2.37. The van der Waals surface area contributed by atoms with Crippen LogP contribution in [-0.4, -0.2) is 40.9 Å². The Morgan fingerprint density at radius 3 is 2.76 bits per heavy atom. The Hall–Kier alpha value is -1.52. The van der Waals surface area contributed by atoms with E-state index in [0.29, 0.717) is 5.92 Å². The largest absolute Gasteiger partial charge is 0.370 e. The summed E-state index contributed by atoms with van der Waals surface area (Å²) in [7, 11) is 0. The van der Waals surface area contributed by atoms with Crippen LogP contribution in [0.4, 0.5) is 5.82 Å². The third-order valence-corrected chi connectivity index (χ3v) is 5.98. The van der Waals surface area contributed by atoms with Crippen LogP contribution >= 0.6 is 11.6 Å². The lowest BCUT2D eigenvalue weighted by atomic mass is 9.90. The third kappa shape index (κ3) is 3.30. The Balaban J connectivity index is 1.74. The molecule has 0 radical (unpaired) electrons. The van der Waals surface area contributed by atoms with E-state index in [9.17, 15) is 0 Å². The molecule has 0 bridgehead atoms. The second kappa shape index (κ2) is 7.38. The molecule has 0 saturated carbocycles. The molecule has 2 aliphatic heterocycles. The summed E-state index contributed by atoms with van der Waals surface area (Å²) in [5.41, 5.74) is 3.71. The van der Waals surface area contributed by atoms with Crippen molar-refractivity contribution in [3.63, 3.8) is 0 Å². The molecule has 25 heavy (non-hydrogen) atoms. The van der Waals surface area contributed by atoms with Crippen LogP contribution in [0.5, 0.6) is 0 Å². The second-order valence-electron chi connectivity index (χ2n) is 7.17. The zero-order valence-corrected chi connectivity index (χ0v) is 15.7. The maximum absolute atomic E-state index is 6.48. The molecule has 1 N–H and O–H groups in total. The van der Waals surface area contributed by atoms with E-state index in [2.05, 4.69) is 27.9 Å². The number of piperidine rings is 1. The fraction of sp³-hybridized carbons (Fsp3) is 0.550. The molecule has 1 aromatic heterocycles. The van der Waals surface area contributed by atoms with Gasteiger partial charge < -0.3 is 10.2 Å². The molecule has 4 rings (SSSR count). The Kier molecular flexibility index (Phi) is 5.00. The first-order chi connectivity index (χ1) is 12.3. The molecule has 1 fully saturated rings. The van der Waals surface area contributed by atoms with Gasteiger partial charge in [0.25, 0.3) is 0 Å². The van der Waals surface area contributed by atoms with Crippen molar-refractivity contribution >= 4 is 17.4 Å². The van der Waals surface area contributed by atoms with Crippen molar-refractivity contribution in [2.45, 2.75) is 44.9 Å². The van der Waals surface area contributed by atoms with Gasteiger partial charge >= 0.3 is 0 Å². The molecule has 2 aromatic rings. The summed E-state index contributed by atoms with van der Waals surface area (Å²) in [6.07, 6.45) is 5.98. The third-order valence-electron chi connectivity index (χ3n) is 5.66. The van der Waals surface area contributed by atoms with E-state index in [4.69, 9.17) is 16.7 Å². The zero-order valence-electron chi connectivity index (χ0n) is 15.0. The lowest BCUT2D eigenvalue weighted by Crippen LogP contribution is -2.33. The molecule has 2 aliphatic rings. The standard InChI is InChI=1S/C20H27ClN4/c1-2-24-13-10-15(11-14-24)19-16-7-5-6-12-22-20(16)25(23-19)18-9-4-3-8-17(18)21/h3-4,8-9,15,22H,2,5-7,10-14H2,1H3. The van der Waals surface area contributed by atoms with Crippen LogP contribution in [0.25, 0.3) is 5.69 Å². The van der Waals surface area contributed by atoms with Gasteiger partial charge in [-0.25, -0.2) is 4.68 Å². The number of benzene rings is 1. The minimum absolute atomic E-state index is 0.570. The number of aromatic nitrogens is 2. The Bertz CT molecular complexity index is 731. The molecule has 3 heterocycles. The van der Waals surface area contributed by atoms with Gasteiger partial charge in [-0.05, 0) is 63.9 Å². The normalized spacial score (nSPS) is 19.3. The molecule has 0 spiro atoms. The lowest BCUT2D eigenvalue weighted by molar-refractivity contribution is 0.220. The number of para-hydroxylation sites is 1. The minimum atomic E-state index is 0.570. The van der Waals surface area contributed by atoms with Crippen molar-refractivity contribution in [3.05, 3.63) is 40.5 Å². The monoisotopic (exact) mass is 358 g/mol. The number of rotatable bonds is 3. The number of anilines is 1. The molecule has 0 unspecified atom stereocenters. The van der Waals surface area contributed by atoms with Crippen molar-refractivity contribution in [1.29, 1.82) is 0 Å². The van der Waals surface area contributed by atoms with Gasteiger partial charge in [0.1, 0.15) is 5.82 Å². The first-order valence-electron chi connectivity index (χ1n) is 9.61. The van der Waals surface area contributed by atoms with E-state index in [1.807, 2.05) is 18.2 Å². The predicted molar refractivity (Wildman–Crippen MR) is 104 cm³/mol. The molecule has 1 saturated heterocycles. The summed E-state index contributed by atoms with van der Waals surface area (Å²) in [5, 5.41) is 9.48. The van der Waals surface area contributed by atoms with E-state index < -0.39 is 0 Å². The van der Waals surface area contributed by atoms with E-state index in [-0.39, 0.29) is 0 Å². The number of hydrogen-bond donors (Lipinski definition) is 1. The van der Waals surface area contributed by atoms with Gasteiger partial charge in [-0.3, -0.25) is 0 Å². The quantitative estimate of drug-likeness (QED) is 0.878. The van der Waals surface area contributed by atoms with Gasteiger partial charge in [0.15, 0.2) is 0 Å². The summed E-state index contributed by atoms with van der Waals surface area (Å²) < 4.78 is 2.06. The molecule has 4 nitrogen and oxygen atoms in total. The van der Waals surface area contributed by atoms with Crippen LogP contribution < -0.4 is 5.32 Å². The van der Waals surface area contributed by atoms with Crippen molar-refractivity contribution in [2.75, 3.05) is 31.5 Å². The Morgan fingerprint density at radius 1 is 1.20 bits per heavy atom. The number of halogens is 1. The fourth-order valence-electron chi connectivity index (χ4n) is 4.18. The van der Waals surface area contributed by atoms with E-state index in [0.717, 1.165) is 30.2 Å². The first kappa shape index (κ1) is 16.9. The van der Waals surface area contributed by atoms with Crippen LogP contribution in [0.15, 0.2) is 24.3 Å². The van der Waals surface area contributed by atoms with Gasteiger partial charge in [0, 0.05) is 18.0 Å². The van der Waals surface area contributed by atoms with Crippen LogP contribution in [0.3, 0.4) is 0 Å². The average molecular weight is 359 g/mol. The summed E-state index contributed by atoms with van der Waals surface area (Å²) >= 11 is 6.48. The SMILES string of the molecule is CCN1CCC(c2nn(-c3ccccc3Cl)c3c2CCCCN3)CC1. The maximum atomic E-state index is 6.48. The summed E-state index contributed by atoms with van der Waals surface area (Å²) in [6.45, 7) is 6.78. The van der Waals surface area contributed by atoms with E-state index >= 15 is 0 Å². The number of nitrogens with zero attached hydrogens (tertiary/aromatic N) is 3. The number of hydrogen-bond acceptors (Lipinski definition) is 3. The van der Waals surface area contributed by atoms with Gasteiger partial charge in [0.2, 0.25) is 0 Å². The number of likely N-dealkylation sites (tertiary alicyclic amines) is 1. The van der Waals surface area contributed by atoms with Crippen LogP contribution in [0, 0.1) is 0 Å². The van der Waals surface area contributed by atoms with Crippen LogP contribution in [0.1, 0.15) is 49.8 Å². The molecular weight excluding hydrogens is 332 g/mol. The zero-order chi connectivity index (χ0) is 17.2. The minimum Gasteiger partial charge on any atom is -0.370 e. The molecule has 1 aromatic carbocycles. The van der Waals surface area contributed by atoms with Crippen LogP contribution in [0.2, 0.25) is 5.02 Å². The van der Waals surface area contributed by atoms with E-state index in [1.54, 1.807) is 0 Å². The Morgan fingerprint density at radius 2 is 2.00 bits per heavy atom. The highest BCUT2D eigenvalue weighted by molar-refractivity contribution is 6.32. The van der Waals surface area contributed by atoms with Crippen molar-refractivity contribution < 1.29 is 0 Å². The lowest BCUT2D eigenvalue weighted by Gasteiger charge is -2.30. The molecular formula is C20H27ClN4. The molecule has 5 heteroatoms. The topological polar surface area (TPSA) is 33.1 Å². The summed E-state index contributed by atoms with van der Waals surface area (Å²) in [4.78, 5) is 2.54. The molecule has 0 atom stereocenters. The average Bonchev–Trinajstić information content (AvgIpc) is 2.83. The van der Waals surface area contributed by atoms with Gasteiger partial charge in [-0.15, -0.1) is 0 Å². The van der Waals surface area contributed by atoms with E-state index in [1.165, 1.54) is 55.8 Å². The maximum Gasteiger partial charge on any atom is 0.133 e. The van der Waals surface area contributed by atoms with Gasteiger partial charge in [0.05, 0.1) is 16.4 Å². The molecule has 134 valence electrons. The van der Waals surface area contributed by atoms with Crippen molar-refractivity contribution in [3.8, 4) is 5.69 Å². The summed E-state index contributed by atoms with van der Waals surface area (Å²) in [6, 6.07) is 8.01. The number of nitrogens with one attached hydrogen (secondary N) is 1. The highest BCUT2D eigenvalue weighted by Gasteiger charge is 2.28. The first-order valence-corrected chi connectivity index (χ1v) is 9.98. The molecule has 0 amide bonds. The smallest absolute Gasteiger partial charge is 0.133 e. The fourth-order valence-corrected chi connectivity index (χ4v) is 4.39. The molecule has 0 aliphatic carbocycles. The van der Waals surface area contributed by atoms with Gasteiger partial charge in [-0.1, -0.05) is 30.7 Å².